The molecule has 3 aromatic rings. The molecule has 0 spiro atoms. The second kappa shape index (κ2) is 7.82. The number of morpholine rings is 1. The molecule has 1 aliphatic rings. The molecular formula is C19H19F3N6O2. The van der Waals surface area contributed by atoms with Crippen molar-refractivity contribution in [3.63, 3.8) is 0 Å². The fourth-order valence-electron chi connectivity index (χ4n) is 3.36. The number of hydrogen-bond acceptors (Lipinski definition) is 5. The summed E-state index contributed by atoms with van der Waals surface area (Å²) in [6.07, 6.45) is -3.00. The molecular weight excluding hydrogens is 401 g/mol. The average molecular weight is 420 g/mol. The first-order chi connectivity index (χ1) is 14.3. The number of benzene rings is 1. The molecule has 0 bridgehead atoms. The molecule has 4 rings (SSSR count). The van der Waals surface area contributed by atoms with Crippen molar-refractivity contribution >= 4 is 28.6 Å². The van der Waals surface area contributed by atoms with Gasteiger partial charge in [-0.25, -0.2) is 14.8 Å². The maximum atomic E-state index is 13.0. The van der Waals surface area contributed by atoms with Crippen molar-refractivity contribution < 1.29 is 22.7 Å². The van der Waals surface area contributed by atoms with E-state index in [2.05, 4.69) is 15.3 Å². The molecule has 0 atom stereocenters. The molecule has 2 amide bonds. The van der Waals surface area contributed by atoms with Crippen molar-refractivity contribution in [2.45, 2.75) is 12.7 Å². The lowest BCUT2D eigenvalue weighted by Crippen LogP contribution is -2.37. The fourth-order valence-corrected chi connectivity index (χ4v) is 3.36. The SMILES string of the molecule is NC(=O)Nc1ccc(-c2nc(N3CCOCC3)c3ccn(CC(F)(F)F)c3n2)cc1. The number of hydrogen-bond donors (Lipinski definition) is 2. The van der Waals surface area contributed by atoms with Gasteiger partial charge in [0.05, 0.1) is 18.6 Å². The van der Waals surface area contributed by atoms with Crippen LogP contribution in [0.25, 0.3) is 22.4 Å². The summed E-state index contributed by atoms with van der Waals surface area (Å²) in [5.41, 5.74) is 6.40. The van der Waals surface area contributed by atoms with Crippen LogP contribution in [-0.4, -0.2) is 53.0 Å². The predicted octanol–water partition coefficient (Wildman–Crippen LogP) is 2.99. The number of halogens is 3. The van der Waals surface area contributed by atoms with Gasteiger partial charge in [0, 0.05) is 30.5 Å². The topological polar surface area (TPSA) is 98.3 Å². The molecule has 0 unspecified atom stereocenters. The molecule has 1 aromatic carbocycles. The predicted molar refractivity (Wildman–Crippen MR) is 105 cm³/mol. The Bertz CT molecular complexity index is 1060. The number of aromatic nitrogens is 3. The van der Waals surface area contributed by atoms with E-state index in [-0.39, 0.29) is 11.5 Å². The number of carbonyl (C=O) groups is 1. The first kappa shape index (κ1) is 20.0. The van der Waals surface area contributed by atoms with Crippen LogP contribution in [0.2, 0.25) is 0 Å². The Hall–Kier alpha value is -3.34. The Balaban J connectivity index is 1.80. The van der Waals surface area contributed by atoms with Crippen molar-refractivity contribution in [1.29, 1.82) is 0 Å². The number of fused-ring (bicyclic) bond motifs is 1. The molecule has 11 heteroatoms. The summed E-state index contributed by atoms with van der Waals surface area (Å²) >= 11 is 0. The third-order valence-electron chi connectivity index (χ3n) is 4.67. The van der Waals surface area contributed by atoms with Crippen molar-refractivity contribution in [2.75, 3.05) is 36.5 Å². The molecule has 1 saturated heterocycles. The minimum absolute atomic E-state index is 0.207. The number of urea groups is 1. The number of primary amides is 1. The summed E-state index contributed by atoms with van der Waals surface area (Å²) in [6.45, 7) is 1.04. The average Bonchev–Trinajstić information content (AvgIpc) is 3.09. The highest BCUT2D eigenvalue weighted by Gasteiger charge is 2.29. The van der Waals surface area contributed by atoms with Gasteiger partial charge in [-0.2, -0.15) is 13.2 Å². The lowest BCUT2D eigenvalue weighted by molar-refractivity contribution is -0.139. The number of nitrogens with one attached hydrogen (secondary N) is 1. The summed E-state index contributed by atoms with van der Waals surface area (Å²) in [5.74, 6) is 0.857. The zero-order valence-electron chi connectivity index (χ0n) is 15.8. The lowest BCUT2D eigenvalue weighted by Gasteiger charge is -2.28. The molecule has 1 aliphatic heterocycles. The van der Waals surface area contributed by atoms with Crippen molar-refractivity contribution in [2.24, 2.45) is 5.73 Å². The maximum absolute atomic E-state index is 13.0. The van der Waals surface area contributed by atoms with Gasteiger partial charge >= 0.3 is 12.2 Å². The van der Waals surface area contributed by atoms with Gasteiger partial charge in [-0.1, -0.05) is 0 Å². The Kier molecular flexibility index (Phi) is 5.20. The maximum Gasteiger partial charge on any atom is 0.406 e. The summed E-state index contributed by atoms with van der Waals surface area (Å²) in [6, 6.07) is 7.50. The van der Waals surface area contributed by atoms with Crippen LogP contribution < -0.4 is 16.0 Å². The number of rotatable bonds is 4. The number of nitrogens with two attached hydrogens (primary N) is 1. The Morgan fingerprint density at radius 1 is 1.13 bits per heavy atom. The third kappa shape index (κ3) is 4.30. The van der Waals surface area contributed by atoms with Crippen LogP contribution in [0.1, 0.15) is 0 Å². The Morgan fingerprint density at radius 3 is 2.47 bits per heavy atom. The van der Waals surface area contributed by atoms with Crippen LogP contribution in [0, 0.1) is 0 Å². The van der Waals surface area contributed by atoms with E-state index in [0.29, 0.717) is 48.8 Å². The number of carbonyl (C=O) groups excluding carboxylic acids is 1. The van der Waals surface area contributed by atoms with Gasteiger partial charge in [0.1, 0.15) is 18.0 Å². The minimum Gasteiger partial charge on any atom is -0.378 e. The standard InChI is InChI=1S/C19H19F3N6O2/c20-19(21,22)11-28-6-5-14-16(27-7-9-30-10-8-27)25-15(26-17(14)28)12-1-3-13(4-2-12)24-18(23)29/h1-6H,7-11H2,(H3,23,24,29). The highest BCUT2D eigenvalue weighted by Crippen LogP contribution is 2.31. The summed E-state index contributed by atoms with van der Waals surface area (Å²) < 4.78 is 45.6. The van der Waals surface area contributed by atoms with Crippen molar-refractivity contribution in [1.82, 2.24) is 14.5 Å². The highest BCUT2D eigenvalue weighted by atomic mass is 19.4. The number of amides is 2. The Labute approximate surface area is 169 Å². The van der Waals surface area contributed by atoms with Crippen molar-refractivity contribution in [3.8, 4) is 11.4 Å². The van der Waals surface area contributed by atoms with Gasteiger partial charge in [-0.15, -0.1) is 0 Å². The molecule has 0 saturated carbocycles. The molecule has 0 aliphatic carbocycles. The van der Waals surface area contributed by atoms with Crippen LogP contribution in [-0.2, 0) is 11.3 Å². The smallest absolute Gasteiger partial charge is 0.378 e. The van der Waals surface area contributed by atoms with Gasteiger partial charge in [-0.05, 0) is 30.3 Å². The summed E-state index contributed by atoms with van der Waals surface area (Å²) in [5, 5.41) is 3.01. The normalized spacial score (nSPS) is 14.8. The zero-order chi connectivity index (χ0) is 21.3. The highest BCUT2D eigenvalue weighted by molar-refractivity contribution is 5.90. The summed E-state index contributed by atoms with van der Waals surface area (Å²) in [4.78, 5) is 22.0. The number of nitrogens with zero attached hydrogens (tertiary/aromatic N) is 4. The summed E-state index contributed by atoms with van der Waals surface area (Å²) in [7, 11) is 0. The minimum atomic E-state index is -4.38. The largest absolute Gasteiger partial charge is 0.406 e. The van der Waals surface area contributed by atoms with Crippen LogP contribution in [0.3, 0.4) is 0 Å². The van der Waals surface area contributed by atoms with E-state index in [4.69, 9.17) is 10.5 Å². The quantitative estimate of drug-likeness (QED) is 0.676. The van der Waals surface area contributed by atoms with Crippen LogP contribution in [0.4, 0.5) is 29.5 Å². The van der Waals surface area contributed by atoms with E-state index in [9.17, 15) is 18.0 Å². The molecule has 30 heavy (non-hydrogen) atoms. The van der Waals surface area contributed by atoms with E-state index in [0.717, 1.165) is 4.57 Å². The zero-order valence-corrected chi connectivity index (χ0v) is 15.8. The van der Waals surface area contributed by atoms with E-state index in [1.54, 1.807) is 30.3 Å². The van der Waals surface area contributed by atoms with Crippen LogP contribution in [0.15, 0.2) is 36.5 Å². The molecule has 2 aromatic heterocycles. The first-order valence-corrected chi connectivity index (χ1v) is 9.23. The third-order valence-corrected chi connectivity index (χ3v) is 4.67. The van der Waals surface area contributed by atoms with Crippen molar-refractivity contribution in [3.05, 3.63) is 36.5 Å². The number of anilines is 2. The second-order valence-corrected chi connectivity index (χ2v) is 6.83. The Morgan fingerprint density at radius 2 is 1.83 bits per heavy atom. The molecule has 158 valence electrons. The van der Waals surface area contributed by atoms with Gasteiger partial charge in [0.15, 0.2) is 5.82 Å². The van der Waals surface area contributed by atoms with E-state index < -0.39 is 18.8 Å². The van der Waals surface area contributed by atoms with E-state index >= 15 is 0 Å². The molecule has 1 fully saturated rings. The molecule has 3 heterocycles. The molecule has 3 N–H and O–H groups in total. The lowest BCUT2D eigenvalue weighted by atomic mass is 10.2. The number of ether oxygens (including phenoxy) is 1. The van der Waals surface area contributed by atoms with E-state index in [1.807, 2.05) is 4.90 Å². The number of alkyl halides is 3. The van der Waals surface area contributed by atoms with E-state index in [1.165, 1.54) is 6.20 Å². The van der Waals surface area contributed by atoms with Crippen LogP contribution >= 0.6 is 0 Å². The van der Waals surface area contributed by atoms with Gasteiger partial charge < -0.3 is 25.3 Å². The van der Waals surface area contributed by atoms with Gasteiger partial charge in [0.2, 0.25) is 0 Å². The molecule has 0 radical (unpaired) electrons. The molecule has 8 nitrogen and oxygen atoms in total. The van der Waals surface area contributed by atoms with Gasteiger partial charge in [-0.3, -0.25) is 0 Å². The second-order valence-electron chi connectivity index (χ2n) is 6.83. The van der Waals surface area contributed by atoms with Gasteiger partial charge in [0.25, 0.3) is 0 Å². The first-order valence-electron chi connectivity index (χ1n) is 9.23. The van der Waals surface area contributed by atoms with Crippen LogP contribution in [0.5, 0.6) is 0 Å². The fraction of sp³-hybridized carbons (Fsp3) is 0.316. The monoisotopic (exact) mass is 420 g/mol.